The Balaban J connectivity index is 2.24. The average molecular weight is 316 g/mol. The maximum absolute atomic E-state index is 6.28. The summed E-state index contributed by atoms with van der Waals surface area (Å²) in [6, 6.07) is 6.87. The largest absolute Gasteiger partial charge is 0.312 e. The number of hydrogen-bond acceptors (Lipinski definition) is 3. The molecule has 3 atom stereocenters. The lowest BCUT2D eigenvalue weighted by molar-refractivity contribution is 0.543. The van der Waals surface area contributed by atoms with Crippen molar-refractivity contribution in [2.75, 3.05) is 18.6 Å². The molecule has 1 fully saturated rings. The van der Waals surface area contributed by atoms with Gasteiger partial charge in [0, 0.05) is 33.1 Å². The Morgan fingerprint density at radius 1 is 1.37 bits per heavy atom. The highest BCUT2D eigenvalue weighted by atomic mass is 35.5. The van der Waals surface area contributed by atoms with Crippen molar-refractivity contribution in [2.45, 2.75) is 36.8 Å². The second kappa shape index (κ2) is 7.26. The van der Waals surface area contributed by atoms with E-state index in [2.05, 4.69) is 67.9 Å². The molecular formula is C15H22ClNS2. The van der Waals surface area contributed by atoms with Gasteiger partial charge >= 0.3 is 0 Å². The van der Waals surface area contributed by atoms with Crippen LogP contribution in [0.25, 0.3) is 0 Å². The van der Waals surface area contributed by atoms with Crippen LogP contribution in [0.5, 0.6) is 0 Å². The van der Waals surface area contributed by atoms with Crippen molar-refractivity contribution in [2.24, 2.45) is 0 Å². The van der Waals surface area contributed by atoms with Crippen molar-refractivity contribution in [3.63, 3.8) is 0 Å². The number of nitrogens with one attached hydrogen (secondary N) is 1. The first-order valence-corrected chi connectivity index (χ1v) is 9.31. The zero-order valence-corrected chi connectivity index (χ0v) is 14.2. The Morgan fingerprint density at radius 2 is 2.11 bits per heavy atom. The Hall–Kier alpha value is 0.170. The molecule has 0 radical (unpaired) electrons. The molecule has 1 aliphatic heterocycles. The second-order valence-electron chi connectivity index (χ2n) is 4.93. The fraction of sp³-hybridized carbons (Fsp3) is 0.600. The van der Waals surface area contributed by atoms with Crippen LogP contribution in [-0.2, 0) is 0 Å². The van der Waals surface area contributed by atoms with Crippen LogP contribution in [-0.4, -0.2) is 29.1 Å². The van der Waals surface area contributed by atoms with Crippen molar-refractivity contribution < 1.29 is 0 Å². The number of rotatable bonds is 4. The first-order chi connectivity index (χ1) is 9.17. The minimum atomic E-state index is 0.390. The molecule has 1 N–H and O–H groups in total. The van der Waals surface area contributed by atoms with Crippen LogP contribution >= 0.6 is 35.1 Å². The fourth-order valence-electron chi connectivity index (χ4n) is 2.57. The van der Waals surface area contributed by atoms with Crippen molar-refractivity contribution in [1.29, 1.82) is 0 Å². The van der Waals surface area contributed by atoms with E-state index >= 15 is 0 Å². The predicted molar refractivity (Wildman–Crippen MR) is 90.8 cm³/mol. The lowest BCUT2D eigenvalue weighted by Crippen LogP contribution is -2.37. The van der Waals surface area contributed by atoms with Gasteiger partial charge < -0.3 is 5.32 Å². The predicted octanol–water partition coefficient (Wildman–Crippen LogP) is 4.54. The zero-order chi connectivity index (χ0) is 13.8. The molecule has 2 rings (SSSR count). The van der Waals surface area contributed by atoms with Crippen molar-refractivity contribution in [1.82, 2.24) is 5.32 Å². The van der Waals surface area contributed by atoms with Gasteiger partial charge in [-0.2, -0.15) is 23.5 Å². The number of thioether (sulfide) groups is 2. The summed E-state index contributed by atoms with van der Waals surface area (Å²) in [6.07, 6.45) is 1.24. The molecule has 1 aromatic rings. The second-order valence-corrected chi connectivity index (χ2v) is 7.97. The molecule has 0 aliphatic carbocycles. The number of benzene rings is 1. The Kier molecular flexibility index (Phi) is 5.94. The minimum absolute atomic E-state index is 0.390. The fourth-order valence-corrected chi connectivity index (χ4v) is 6.05. The minimum Gasteiger partial charge on any atom is -0.312 e. The van der Waals surface area contributed by atoms with Gasteiger partial charge in [-0.15, -0.1) is 0 Å². The molecule has 0 amide bonds. The van der Waals surface area contributed by atoms with Gasteiger partial charge in [-0.25, -0.2) is 0 Å². The van der Waals surface area contributed by atoms with E-state index in [0.29, 0.717) is 11.3 Å². The Morgan fingerprint density at radius 3 is 2.74 bits per heavy atom. The van der Waals surface area contributed by atoms with E-state index < -0.39 is 0 Å². The van der Waals surface area contributed by atoms with Crippen molar-refractivity contribution in [3.05, 3.63) is 34.3 Å². The lowest BCUT2D eigenvalue weighted by Gasteiger charge is -2.36. The highest BCUT2D eigenvalue weighted by Crippen LogP contribution is 2.40. The van der Waals surface area contributed by atoms with Gasteiger partial charge in [-0.05, 0) is 37.6 Å². The van der Waals surface area contributed by atoms with E-state index in [0.717, 1.165) is 15.8 Å². The van der Waals surface area contributed by atoms with Gasteiger partial charge in [-0.1, -0.05) is 30.7 Å². The molecule has 19 heavy (non-hydrogen) atoms. The molecule has 1 aliphatic rings. The summed E-state index contributed by atoms with van der Waals surface area (Å²) in [6.45, 7) is 4.35. The van der Waals surface area contributed by atoms with E-state index in [1.54, 1.807) is 0 Å². The van der Waals surface area contributed by atoms with E-state index in [4.69, 9.17) is 11.6 Å². The molecule has 106 valence electrons. The third kappa shape index (κ3) is 3.63. The summed E-state index contributed by atoms with van der Waals surface area (Å²) < 4.78 is 0. The smallest absolute Gasteiger partial charge is 0.0449 e. The summed E-state index contributed by atoms with van der Waals surface area (Å²) in [5, 5.41) is 5.75. The quantitative estimate of drug-likeness (QED) is 0.876. The Labute approximate surface area is 130 Å². The highest BCUT2D eigenvalue weighted by molar-refractivity contribution is 8.07. The summed E-state index contributed by atoms with van der Waals surface area (Å²) >= 11 is 10.5. The third-order valence-electron chi connectivity index (χ3n) is 3.69. The average Bonchev–Trinajstić information content (AvgIpc) is 2.44. The van der Waals surface area contributed by atoms with Crippen LogP contribution in [0.1, 0.15) is 30.5 Å². The van der Waals surface area contributed by atoms with Crippen molar-refractivity contribution in [3.8, 4) is 0 Å². The topological polar surface area (TPSA) is 12.0 Å². The number of hydrogen-bond donors (Lipinski definition) is 1. The first kappa shape index (κ1) is 15.6. The molecule has 1 aromatic carbocycles. The summed E-state index contributed by atoms with van der Waals surface area (Å²) in [4.78, 5) is 0. The van der Waals surface area contributed by atoms with Crippen LogP contribution in [0.4, 0.5) is 0 Å². The molecule has 1 saturated heterocycles. The molecule has 1 nitrogen and oxygen atoms in total. The molecule has 0 spiro atoms. The van der Waals surface area contributed by atoms with Gasteiger partial charge in [0.1, 0.15) is 0 Å². The van der Waals surface area contributed by atoms with E-state index in [1.165, 1.54) is 23.5 Å². The van der Waals surface area contributed by atoms with Gasteiger partial charge in [0.15, 0.2) is 0 Å². The summed E-state index contributed by atoms with van der Waals surface area (Å²) in [5.74, 6) is 2.54. The maximum atomic E-state index is 6.28. The van der Waals surface area contributed by atoms with Gasteiger partial charge in [-0.3, -0.25) is 0 Å². The van der Waals surface area contributed by atoms with Crippen LogP contribution in [0.15, 0.2) is 18.2 Å². The zero-order valence-electron chi connectivity index (χ0n) is 11.8. The standard InChI is InChI=1S/C15H22ClNS2/c1-4-13-15(19-8-7-18-13)14(17-3)11-6-5-10(2)12(16)9-11/h5-6,9,13-15,17H,4,7-8H2,1-3H3. The molecule has 0 saturated carbocycles. The van der Waals surface area contributed by atoms with Crippen LogP contribution in [0, 0.1) is 6.92 Å². The van der Waals surface area contributed by atoms with E-state index in [9.17, 15) is 0 Å². The lowest BCUT2D eigenvalue weighted by atomic mass is 9.99. The first-order valence-electron chi connectivity index (χ1n) is 6.84. The third-order valence-corrected chi connectivity index (χ3v) is 7.45. The summed E-state index contributed by atoms with van der Waals surface area (Å²) in [7, 11) is 2.06. The molecule has 1 heterocycles. The van der Waals surface area contributed by atoms with Gasteiger partial charge in [0.2, 0.25) is 0 Å². The maximum Gasteiger partial charge on any atom is 0.0449 e. The molecule has 3 unspecified atom stereocenters. The number of aryl methyl sites for hydroxylation is 1. The van der Waals surface area contributed by atoms with E-state index in [1.807, 2.05) is 0 Å². The Bertz CT molecular complexity index is 425. The van der Waals surface area contributed by atoms with Gasteiger partial charge in [0.25, 0.3) is 0 Å². The monoisotopic (exact) mass is 315 g/mol. The van der Waals surface area contributed by atoms with Crippen LogP contribution in [0.2, 0.25) is 5.02 Å². The van der Waals surface area contributed by atoms with Crippen LogP contribution in [0.3, 0.4) is 0 Å². The van der Waals surface area contributed by atoms with E-state index in [-0.39, 0.29) is 0 Å². The number of halogens is 1. The van der Waals surface area contributed by atoms with Crippen molar-refractivity contribution >= 4 is 35.1 Å². The summed E-state index contributed by atoms with van der Waals surface area (Å²) in [5.41, 5.74) is 2.47. The molecular weight excluding hydrogens is 294 g/mol. The van der Waals surface area contributed by atoms with Crippen LogP contribution < -0.4 is 5.32 Å². The molecule has 0 aromatic heterocycles. The highest BCUT2D eigenvalue weighted by Gasteiger charge is 2.32. The SMILES string of the molecule is CCC1SCCSC1C(NC)c1ccc(C)c(Cl)c1. The van der Waals surface area contributed by atoms with Gasteiger partial charge in [0.05, 0.1) is 0 Å². The molecule has 4 heteroatoms. The molecule has 0 bridgehead atoms. The normalized spacial score (nSPS) is 25.3.